The number of fused-ring (bicyclic) bond motifs is 3. The number of unbranched alkanes of at least 4 members (excludes halogenated alkanes) is 1. The first kappa shape index (κ1) is 19.2. The Balaban J connectivity index is 1.45. The zero-order valence-electron chi connectivity index (χ0n) is 17.8. The van der Waals surface area contributed by atoms with Gasteiger partial charge in [0.2, 0.25) is 0 Å². The molecule has 1 heterocycles. The summed E-state index contributed by atoms with van der Waals surface area (Å²) in [6.45, 7) is 2.23. The molecule has 0 spiro atoms. The molecule has 0 aliphatic carbocycles. The van der Waals surface area contributed by atoms with E-state index in [1.165, 1.54) is 40.2 Å². The van der Waals surface area contributed by atoms with Crippen molar-refractivity contribution in [2.45, 2.75) is 26.2 Å². The highest BCUT2D eigenvalue weighted by Crippen LogP contribution is 2.31. The average molecular weight is 400 g/mol. The zero-order valence-corrected chi connectivity index (χ0v) is 17.8. The van der Waals surface area contributed by atoms with E-state index in [0.29, 0.717) is 0 Å². The number of benzene rings is 4. The molecule has 5 rings (SSSR count). The van der Waals surface area contributed by atoms with Crippen LogP contribution < -0.4 is 0 Å². The number of hydrogen-bond donors (Lipinski definition) is 0. The van der Waals surface area contributed by atoms with E-state index in [1.807, 2.05) is 0 Å². The van der Waals surface area contributed by atoms with E-state index in [2.05, 4.69) is 120 Å². The molecule has 31 heavy (non-hydrogen) atoms. The minimum Gasteiger partial charge on any atom is -0.309 e. The van der Waals surface area contributed by atoms with Gasteiger partial charge < -0.3 is 4.57 Å². The summed E-state index contributed by atoms with van der Waals surface area (Å²) in [5.41, 5.74) is 7.09. The van der Waals surface area contributed by atoms with E-state index in [0.717, 1.165) is 23.2 Å². The first-order valence-electron chi connectivity index (χ1n) is 11.0. The molecule has 5 aromatic rings. The minimum atomic E-state index is 1.03. The third kappa shape index (κ3) is 3.86. The standard InChI is InChI=1S/C30H25N/c1-2-3-8-23-13-15-24(16-14-23)17-18-25-19-21-26(22-20-25)31-29-11-6-4-9-27(29)28-10-5-7-12-30(28)31/h4-7,9-16,19-22H,2-3,8H2,1H3. The van der Waals surface area contributed by atoms with E-state index in [4.69, 9.17) is 0 Å². The fraction of sp³-hybridized carbons (Fsp3) is 0.133. The van der Waals surface area contributed by atoms with Crippen molar-refractivity contribution in [3.63, 3.8) is 0 Å². The molecule has 1 heteroatoms. The first-order chi connectivity index (χ1) is 15.3. The average Bonchev–Trinajstić information content (AvgIpc) is 3.17. The summed E-state index contributed by atoms with van der Waals surface area (Å²) < 4.78 is 2.33. The maximum absolute atomic E-state index is 3.31. The molecule has 0 radical (unpaired) electrons. The van der Waals surface area contributed by atoms with Crippen molar-refractivity contribution in [1.29, 1.82) is 0 Å². The van der Waals surface area contributed by atoms with Crippen LogP contribution >= 0.6 is 0 Å². The Morgan fingerprint density at radius 3 is 1.68 bits per heavy atom. The molecular weight excluding hydrogens is 374 g/mol. The second-order valence-electron chi connectivity index (χ2n) is 7.97. The summed E-state index contributed by atoms with van der Waals surface area (Å²) in [6.07, 6.45) is 3.61. The molecule has 0 saturated heterocycles. The van der Waals surface area contributed by atoms with Gasteiger partial charge in [-0.3, -0.25) is 0 Å². The second-order valence-corrected chi connectivity index (χ2v) is 7.97. The molecule has 0 bridgehead atoms. The fourth-order valence-electron chi connectivity index (χ4n) is 4.17. The number of nitrogens with zero attached hydrogens (tertiary/aromatic N) is 1. The Hall–Kier alpha value is -3.76. The maximum Gasteiger partial charge on any atom is 0.0541 e. The number of para-hydroxylation sites is 2. The van der Waals surface area contributed by atoms with Gasteiger partial charge >= 0.3 is 0 Å². The van der Waals surface area contributed by atoms with Gasteiger partial charge in [0.05, 0.1) is 11.0 Å². The van der Waals surface area contributed by atoms with Crippen molar-refractivity contribution in [3.8, 4) is 17.5 Å². The molecule has 0 aliphatic heterocycles. The fourth-order valence-corrected chi connectivity index (χ4v) is 4.17. The van der Waals surface area contributed by atoms with Gasteiger partial charge in [-0.1, -0.05) is 73.7 Å². The van der Waals surface area contributed by atoms with Crippen molar-refractivity contribution < 1.29 is 0 Å². The Morgan fingerprint density at radius 1 is 0.613 bits per heavy atom. The van der Waals surface area contributed by atoms with Crippen LogP contribution in [0, 0.1) is 11.8 Å². The Bertz CT molecular complexity index is 1340. The molecule has 0 saturated carbocycles. The van der Waals surface area contributed by atoms with Crippen molar-refractivity contribution in [1.82, 2.24) is 4.57 Å². The van der Waals surface area contributed by atoms with E-state index in [9.17, 15) is 0 Å². The summed E-state index contributed by atoms with van der Waals surface area (Å²) in [5.74, 6) is 6.61. The highest BCUT2D eigenvalue weighted by Gasteiger charge is 2.10. The van der Waals surface area contributed by atoms with E-state index >= 15 is 0 Å². The van der Waals surface area contributed by atoms with Crippen LogP contribution in [0.5, 0.6) is 0 Å². The van der Waals surface area contributed by atoms with Gasteiger partial charge in [0.25, 0.3) is 0 Å². The molecule has 150 valence electrons. The molecule has 1 nitrogen and oxygen atoms in total. The Morgan fingerprint density at radius 2 is 1.13 bits per heavy atom. The van der Waals surface area contributed by atoms with Crippen LogP contribution in [0.1, 0.15) is 36.5 Å². The monoisotopic (exact) mass is 399 g/mol. The molecular formula is C30H25N. The topological polar surface area (TPSA) is 4.93 Å². The van der Waals surface area contributed by atoms with Crippen LogP contribution in [0.4, 0.5) is 0 Å². The Kier molecular flexibility index (Phi) is 5.29. The van der Waals surface area contributed by atoms with E-state index < -0.39 is 0 Å². The van der Waals surface area contributed by atoms with Crippen LogP contribution in [-0.4, -0.2) is 4.57 Å². The highest BCUT2D eigenvalue weighted by atomic mass is 15.0. The number of aromatic nitrogens is 1. The molecule has 1 aromatic heterocycles. The second kappa shape index (κ2) is 8.54. The number of hydrogen-bond acceptors (Lipinski definition) is 0. The molecule has 0 N–H and O–H groups in total. The van der Waals surface area contributed by atoms with Crippen LogP contribution in [0.25, 0.3) is 27.5 Å². The molecule has 0 fully saturated rings. The van der Waals surface area contributed by atoms with Gasteiger partial charge in [-0.2, -0.15) is 0 Å². The SMILES string of the molecule is CCCCc1ccc(C#Cc2ccc(-n3c4ccccc4c4ccccc43)cc2)cc1. The molecule has 4 aromatic carbocycles. The number of aryl methyl sites for hydroxylation is 1. The predicted octanol–water partition coefficient (Wildman–Crippen LogP) is 7.53. The van der Waals surface area contributed by atoms with Gasteiger partial charge in [0, 0.05) is 27.6 Å². The maximum atomic E-state index is 3.31. The summed E-state index contributed by atoms with van der Waals surface area (Å²) in [6, 6.07) is 34.4. The largest absolute Gasteiger partial charge is 0.309 e. The Labute approximate surface area is 184 Å². The number of rotatable bonds is 4. The molecule has 0 unspecified atom stereocenters. The summed E-state index contributed by atoms with van der Waals surface area (Å²) in [5, 5.41) is 2.56. The van der Waals surface area contributed by atoms with E-state index in [1.54, 1.807) is 0 Å². The third-order valence-corrected chi connectivity index (χ3v) is 5.83. The molecule has 0 aliphatic rings. The quantitative estimate of drug-likeness (QED) is 0.275. The predicted molar refractivity (Wildman–Crippen MR) is 132 cm³/mol. The normalized spacial score (nSPS) is 10.9. The summed E-state index contributed by atoms with van der Waals surface area (Å²) >= 11 is 0. The van der Waals surface area contributed by atoms with Crippen LogP contribution in [-0.2, 0) is 6.42 Å². The summed E-state index contributed by atoms with van der Waals surface area (Å²) in [7, 11) is 0. The van der Waals surface area contributed by atoms with E-state index in [-0.39, 0.29) is 0 Å². The molecule has 0 amide bonds. The minimum absolute atomic E-state index is 1.03. The summed E-state index contributed by atoms with van der Waals surface area (Å²) in [4.78, 5) is 0. The van der Waals surface area contributed by atoms with Crippen molar-refractivity contribution >= 4 is 21.8 Å². The lowest BCUT2D eigenvalue weighted by Gasteiger charge is -2.07. The highest BCUT2D eigenvalue weighted by molar-refractivity contribution is 6.09. The van der Waals surface area contributed by atoms with Gasteiger partial charge in [-0.25, -0.2) is 0 Å². The van der Waals surface area contributed by atoms with Gasteiger partial charge in [-0.15, -0.1) is 0 Å². The first-order valence-corrected chi connectivity index (χ1v) is 11.0. The van der Waals surface area contributed by atoms with Crippen molar-refractivity contribution in [2.75, 3.05) is 0 Å². The van der Waals surface area contributed by atoms with Gasteiger partial charge in [-0.05, 0) is 66.9 Å². The lowest BCUT2D eigenvalue weighted by atomic mass is 10.1. The van der Waals surface area contributed by atoms with Crippen LogP contribution in [0.15, 0.2) is 97.1 Å². The van der Waals surface area contributed by atoms with Crippen LogP contribution in [0.2, 0.25) is 0 Å². The van der Waals surface area contributed by atoms with Crippen molar-refractivity contribution in [3.05, 3.63) is 114 Å². The smallest absolute Gasteiger partial charge is 0.0541 e. The molecule has 0 atom stereocenters. The lowest BCUT2D eigenvalue weighted by molar-refractivity contribution is 0.795. The van der Waals surface area contributed by atoms with Gasteiger partial charge in [0.15, 0.2) is 0 Å². The lowest BCUT2D eigenvalue weighted by Crippen LogP contribution is -1.93. The van der Waals surface area contributed by atoms with Crippen LogP contribution in [0.3, 0.4) is 0 Å². The van der Waals surface area contributed by atoms with Crippen molar-refractivity contribution in [2.24, 2.45) is 0 Å². The zero-order chi connectivity index (χ0) is 21.0. The van der Waals surface area contributed by atoms with Gasteiger partial charge in [0.1, 0.15) is 0 Å². The third-order valence-electron chi connectivity index (χ3n) is 5.83.